The van der Waals surface area contributed by atoms with Crippen LogP contribution in [0.15, 0.2) is 39.7 Å². The second-order valence-corrected chi connectivity index (χ2v) is 4.65. The Hall–Kier alpha value is -1.01. The van der Waals surface area contributed by atoms with Crippen LogP contribution in [0.1, 0.15) is 0 Å². The minimum atomic E-state index is -0.380. The number of rotatable bonds is 2. The van der Waals surface area contributed by atoms with Crippen molar-refractivity contribution in [3.8, 4) is 11.6 Å². The molecule has 0 radical (unpaired) electrons. The molecule has 0 atom stereocenters. The van der Waals surface area contributed by atoms with Gasteiger partial charge in [-0.05, 0) is 28.1 Å². The smallest absolute Gasteiger partial charge is 0.236 e. The van der Waals surface area contributed by atoms with Gasteiger partial charge < -0.3 is 4.74 Å². The second kappa shape index (κ2) is 4.88. The van der Waals surface area contributed by atoms with Crippen molar-refractivity contribution < 1.29 is 9.13 Å². The highest BCUT2D eigenvalue weighted by Gasteiger charge is 2.05. The fourth-order valence-corrected chi connectivity index (χ4v) is 1.82. The van der Waals surface area contributed by atoms with Gasteiger partial charge >= 0.3 is 0 Å². The van der Waals surface area contributed by atoms with Crippen LogP contribution >= 0.6 is 31.9 Å². The molecule has 0 saturated carbocycles. The summed E-state index contributed by atoms with van der Waals surface area (Å²) in [5, 5.41) is 0. The van der Waals surface area contributed by atoms with E-state index in [0.29, 0.717) is 20.6 Å². The lowest BCUT2D eigenvalue weighted by Gasteiger charge is -2.06. The molecule has 0 aliphatic rings. The van der Waals surface area contributed by atoms with Crippen LogP contribution in [0.2, 0.25) is 0 Å². The standard InChI is InChI=1S/C10H5Br2FN2O/c11-6-1-7(13)3-8(2-6)16-10-9(12)4-14-5-15-10/h1-5H. The number of halogens is 3. The van der Waals surface area contributed by atoms with Crippen LogP contribution in [-0.4, -0.2) is 9.97 Å². The van der Waals surface area contributed by atoms with Gasteiger partial charge in [0.05, 0.1) is 4.47 Å². The second-order valence-electron chi connectivity index (χ2n) is 2.88. The molecule has 6 heteroatoms. The molecule has 3 nitrogen and oxygen atoms in total. The van der Waals surface area contributed by atoms with Crippen molar-refractivity contribution in [1.29, 1.82) is 0 Å². The highest BCUT2D eigenvalue weighted by Crippen LogP contribution is 2.28. The first kappa shape index (κ1) is 11.5. The first-order chi connectivity index (χ1) is 7.65. The van der Waals surface area contributed by atoms with Gasteiger partial charge in [0.2, 0.25) is 5.88 Å². The average molecular weight is 348 g/mol. The Morgan fingerprint density at radius 3 is 2.69 bits per heavy atom. The quantitative estimate of drug-likeness (QED) is 0.825. The third-order valence-corrected chi connectivity index (χ3v) is 2.69. The fraction of sp³-hybridized carbons (Fsp3) is 0. The van der Waals surface area contributed by atoms with Gasteiger partial charge in [0.1, 0.15) is 17.9 Å². The predicted molar refractivity (Wildman–Crippen MR) is 63.9 cm³/mol. The molecule has 0 spiro atoms. The lowest BCUT2D eigenvalue weighted by atomic mass is 10.3. The van der Waals surface area contributed by atoms with Crippen LogP contribution in [0.4, 0.5) is 4.39 Å². The van der Waals surface area contributed by atoms with Crippen LogP contribution in [0, 0.1) is 5.82 Å². The van der Waals surface area contributed by atoms with Gasteiger partial charge in [0.25, 0.3) is 0 Å². The number of aromatic nitrogens is 2. The summed E-state index contributed by atoms with van der Waals surface area (Å²) < 4.78 is 19.7. The molecule has 1 aromatic carbocycles. The molecule has 2 rings (SSSR count). The Morgan fingerprint density at radius 1 is 1.19 bits per heavy atom. The largest absolute Gasteiger partial charge is 0.438 e. The van der Waals surface area contributed by atoms with E-state index in [2.05, 4.69) is 41.8 Å². The first-order valence-electron chi connectivity index (χ1n) is 4.24. The summed E-state index contributed by atoms with van der Waals surface area (Å²) in [7, 11) is 0. The number of benzene rings is 1. The molecule has 2 aromatic rings. The van der Waals surface area contributed by atoms with E-state index in [1.807, 2.05) is 0 Å². The molecule has 1 aromatic heterocycles. The highest BCUT2D eigenvalue weighted by atomic mass is 79.9. The molecule has 0 amide bonds. The Balaban J connectivity index is 2.30. The summed E-state index contributed by atoms with van der Waals surface area (Å²) in [6, 6.07) is 4.28. The minimum absolute atomic E-state index is 0.340. The van der Waals surface area contributed by atoms with Crippen molar-refractivity contribution in [2.75, 3.05) is 0 Å². The molecule has 0 N–H and O–H groups in total. The SMILES string of the molecule is Fc1cc(Br)cc(Oc2ncncc2Br)c1. The van der Waals surface area contributed by atoms with Crippen molar-refractivity contribution in [3.05, 3.63) is 45.5 Å². The van der Waals surface area contributed by atoms with Crippen LogP contribution in [-0.2, 0) is 0 Å². The minimum Gasteiger partial charge on any atom is -0.438 e. The highest BCUT2D eigenvalue weighted by molar-refractivity contribution is 9.10. The Kier molecular flexibility index (Phi) is 3.50. The van der Waals surface area contributed by atoms with Gasteiger partial charge in [-0.2, -0.15) is 0 Å². The van der Waals surface area contributed by atoms with E-state index in [1.165, 1.54) is 18.5 Å². The summed E-state index contributed by atoms with van der Waals surface area (Å²) in [5.41, 5.74) is 0. The van der Waals surface area contributed by atoms with Crippen LogP contribution in [0.5, 0.6) is 11.6 Å². The van der Waals surface area contributed by atoms with Crippen molar-refractivity contribution in [3.63, 3.8) is 0 Å². The third-order valence-electron chi connectivity index (χ3n) is 1.68. The maximum atomic E-state index is 13.1. The first-order valence-corrected chi connectivity index (χ1v) is 5.83. The van der Waals surface area contributed by atoms with Crippen molar-refractivity contribution in [1.82, 2.24) is 9.97 Å². The molecule has 82 valence electrons. The molecular formula is C10H5Br2FN2O. The summed E-state index contributed by atoms with van der Waals surface area (Å²) >= 11 is 6.42. The maximum absolute atomic E-state index is 13.1. The summed E-state index contributed by atoms with van der Waals surface area (Å²) in [6.45, 7) is 0. The van der Waals surface area contributed by atoms with Gasteiger partial charge in [-0.25, -0.2) is 14.4 Å². The van der Waals surface area contributed by atoms with E-state index in [4.69, 9.17) is 4.74 Å². The molecular weight excluding hydrogens is 343 g/mol. The number of hydrogen-bond donors (Lipinski definition) is 0. The summed E-state index contributed by atoms with van der Waals surface area (Å²) in [6.07, 6.45) is 2.91. The van der Waals surface area contributed by atoms with Crippen molar-refractivity contribution in [2.45, 2.75) is 0 Å². The average Bonchev–Trinajstić information content (AvgIpc) is 2.20. The van der Waals surface area contributed by atoms with Gasteiger partial charge in [0, 0.05) is 16.7 Å². The maximum Gasteiger partial charge on any atom is 0.236 e. The lowest BCUT2D eigenvalue weighted by molar-refractivity contribution is 0.453. The van der Waals surface area contributed by atoms with Crippen LogP contribution < -0.4 is 4.74 Å². The molecule has 16 heavy (non-hydrogen) atoms. The summed E-state index contributed by atoms with van der Waals surface area (Å²) in [4.78, 5) is 7.72. The zero-order valence-corrected chi connectivity index (χ0v) is 11.0. The van der Waals surface area contributed by atoms with Crippen molar-refractivity contribution >= 4 is 31.9 Å². The zero-order chi connectivity index (χ0) is 11.5. The fourth-order valence-electron chi connectivity index (χ4n) is 1.08. The number of ether oxygens (including phenoxy) is 1. The summed E-state index contributed by atoms with van der Waals surface area (Å²) in [5.74, 6) is 0.327. The Bertz CT molecular complexity index is 502. The normalized spacial score (nSPS) is 10.2. The van der Waals surface area contributed by atoms with Gasteiger partial charge in [-0.3, -0.25) is 0 Å². The Morgan fingerprint density at radius 2 is 2.00 bits per heavy atom. The van der Waals surface area contributed by atoms with E-state index in [-0.39, 0.29) is 5.82 Å². The third kappa shape index (κ3) is 2.76. The molecule has 0 bridgehead atoms. The molecule has 0 fully saturated rings. The van der Waals surface area contributed by atoms with E-state index in [9.17, 15) is 4.39 Å². The van der Waals surface area contributed by atoms with E-state index in [1.54, 1.807) is 12.3 Å². The monoisotopic (exact) mass is 346 g/mol. The number of hydrogen-bond acceptors (Lipinski definition) is 3. The van der Waals surface area contributed by atoms with Gasteiger partial charge in [-0.15, -0.1) is 0 Å². The van der Waals surface area contributed by atoms with Crippen molar-refractivity contribution in [2.24, 2.45) is 0 Å². The molecule has 0 unspecified atom stereocenters. The van der Waals surface area contributed by atoms with E-state index < -0.39 is 0 Å². The van der Waals surface area contributed by atoms with E-state index >= 15 is 0 Å². The molecule has 0 aliphatic carbocycles. The molecule has 0 saturated heterocycles. The molecule has 1 heterocycles. The predicted octanol–water partition coefficient (Wildman–Crippen LogP) is 3.93. The molecule has 0 aliphatic heterocycles. The zero-order valence-electron chi connectivity index (χ0n) is 7.82. The van der Waals surface area contributed by atoms with Crippen LogP contribution in [0.25, 0.3) is 0 Å². The van der Waals surface area contributed by atoms with Gasteiger partial charge in [0.15, 0.2) is 0 Å². The topological polar surface area (TPSA) is 35.0 Å². The Labute approximate surface area is 108 Å². The number of nitrogens with zero attached hydrogens (tertiary/aromatic N) is 2. The lowest BCUT2D eigenvalue weighted by Crippen LogP contribution is -1.90. The van der Waals surface area contributed by atoms with E-state index in [0.717, 1.165) is 0 Å². The van der Waals surface area contributed by atoms with Crippen LogP contribution in [0.3, 0.4) is 0 Å². The van der Waals surface area contributed by atoms with Gasteiger partial charge in [-0.1, -0.05) is 15.9 Å².